The first-order valence-corrected chi connectivity index (χ1v) is 10.9. The lowest BCUT2D eigenvalue weighted by Gasteiger charge is -2.09. The lowest BCUT2D eigenvalue weighted by Crippen LogP contribution is -2.10. The Morgan fingerprint density at radius 2 is 1.54 bits per heavy atom. The second kappa shape index (κ2) is 6.51. The SMILES string of the molecule is Cc1nc(C)c(-c2ccc(C3=CC(S(=O)(=O)O)SS3)cc2)nc1C. The van der Waals surface area contributed by atoms with E-state index in [4.69, 9.17) is 4.55 Å². The Hall–Kier alpha value is -1.35. The molecule has 0 aliphatic carbocycles. The maximum Gasteiger partial charge on any atom is 0.281 e. The third-order valence-electron chi connectivity index (χ3n) is 3.74. The Morgan fingerprint density at radius 1 is 0.958 bits per heavy atom. The van der Waals surface area contributed by atoms with Crippen LogP contribution >= 0.6 is 21.6 Å². The summed E-state index contributed by atoms with van der Waals surface area (Å²) >= 11 is 0. The van der Waals surface area contributed by atoms with Gasteiger partial charge in [-0.3, -0.25) is 9.54 Å². The minimum Gasteiger partial charge on any atom is -0.284 e. The minimum absolute atomic E-state index is 0.831. The highest BCUT2D eigenvalue weighted by molar-refractivity contribution is 8.82. The highest BCUT2D eigenvalue weighted by Crippen LogP contribution is 2.48. The van der Waals surface area contributed by atoms with Crippen LogP contribution in [0.15, 0.2) is 30.3 Å². The van der Waals surface area contributed by atoms with Gasteiger partial charge in [-0.2, -0.15) is 8.42 Å². The van der Waals surface area contributed by atoms with Crippen molar-refractivity contribution in [2.75, 3.05) is 0 Å². The van der Waals surface area contributed by atoms with Crippen molar-refractivity contribution in [1.82, 2.24) is 9.97 Å². The largest absolute Gasteiger partial charge is 0.284 e. The lowest BCUT2D eigenvalue weighted by molar-refractivity contribution is 0.484. The third-order valence-corrected chi connectivity index (χ3v) is 8.27. The predicted octanol–water partition coefficient (Wildman–Crippen LogP) is 4.02. The molecule has 1 aliphatic heterocycles. The van der Waals surface area contributed by atoms with Crippen LogP contribution in [0, 0.1) is 20.8 Å². The van der Waals surface area contributed by atoms with Gasteiger partial charge in [-0.05, 0) is 32.4 Å². The normalized spacial score (nSPS) is 17.8. The molecule has 1 aromatic carbocycles. The molecule has 126 valence electrons. The number of aromatic nitrogens is 2. The van der Waals surface area contributed by atoms with E-state index in [1.54, 1.807) is 6.08 Å². The number of nitrogens with zero attached hydrogens (tertiary/aromatic N) is 2. The zero-order valence-electron chi connectivity index (χ0n) is 13.3. The first-order chi connectivity index (χ1) is 11.3. The molecule has 1 aliphatic rings. The summed E-state index contributed by atoms with van der Waals surface area (Å²) in [6.45, 7) is 5.81. The number of aryl methyl sites for hydroxylation is 3. The van der Waals surface area contributed by atoms with Gasteiger partial charge in [-0.25, -0.2) is 4.98 Å². The second-order valence-corrected chi connectivity index (χ2v) is 9.72. The molecule has 24 heavy (non-hydrogen) atoms. The van der Waals surface area contributed by atoms with Gasteiger partial charge in [0.15, 0.2) is 4.58 Å². The van der Waals surface area contributed by atoms with Crippen LogP contribution in [-0.2, 0) is 10.1 Å². The van der Waals surface area contributed by atoms with Crippen LogP contribution in [0.4, 0.5) is 0 Å². The lowest BCUT2D eigenvalue weighted by atomic mass is 10.1. The van der Waals surface area contributed by atoms with Crippen LogP contribution in [0.2, 0.25) is 0 Å². The van der Waals surface area contributed by atoms with Crippen LogP contribution in [0.5, 0.6) is 0 Å². The van der Waals surface area contributed by atoms with Gasteiger partial charge >= 0.3 is 0 Å². The van der Waals surface area contributed by atoms with E-state index in [9.17, 15) is 8.42 Å². The second-order valence-electron chi connectivity index (χ2n) is 5.50. The maximum atomic E-state index is 11.2. The van der Waals surface area contributed by atoms with Crippen molar-refractivity contribution in [2.24, 2.45) is 0 Å². The molecular formula is C16H16N2O3S3. The number of rotatable bonds is 3. The van der Waals surface area contributed by atoms with Gasteiger partial charge in [0.25, 0.3) is 10.1 Å². The molecule has 0 radical (unpaired) electrons. The molecule has 1 aromatic heterocycles. The smallest absolute Gasteiger partial charge is 0.281 e. The van der Waals surface area contributed by atoms with Gasteiger partial charge in [0, 0.05) is 10.5 Å². The molecule has 1 N–H and O–H groups in total. The van der Waals surface area contributed by atoms with Gasteiger partial charge in [0.05, 0.1) is 22.8 Å². The summed E-state index contributed by atoms with van der Waals surface area (Å²) in [5, 5.41) is 0. The van der Waals surface area contributed by atoms with E-state index in [-0.39, 0.29) is 0 Å². The molecule has 0 saturated carbocycles. The summed E-state index contributed by atoms with van der Waals surface area (Å²) in [4.78, 5) is 9.96. The molecule has 5 nitrogen and oxygen atoms in total. The van der Waals surface area contributed by atoms with E-state index in [0.717, 1.165) is 49.6 Å². The summed E-state index contributed by atoms with van der Waals surface area (Å²) in [5.74, 6) is 0. The van der Waals surface area contributed by atoms with E-state index < -0.39 is 14.7 Å². The first-order valence-electron chi connectivity index (χ1n) is 7.20. The Balaban J connectivity index is 1.91. The quantitative estimate of drug-likeness (QED) is 0.636. The maximum absolute atomic E-state index is 11.2. The molecule has 2 aromatic rings. The van der Waals surface area contributed by atoms with E-state index in [0.29, 0.717) is 0 Å². The average molecular weight is 381 g/mol. The summed E-state index contributed by atoms with van der Waals surface area (Å²) in [6.07, 6.45) is 1.57. The molecule has 0 saturated heterocycles. The van der Waals surface area contributed by atoms with Gasteiger partial charge < -0.3 is 0 Å². The molecule has 0 spiro atoms. The molecule has 8 heteroatoms. The van der Waals surface area contributed by atoms with Crippen molar-refractivity contribution in [3.05, 3.63) is 53.0 Å². The monoisotopic (exact) mass is 380 g/mol. The van der Waals surface area contributed by atoms with E-state index in [2.05, 4.69) is 9.97 Å². The fraction of sp³-hybridized carbons (Fsp3) is 0.250. The third kappa shape index (κ3) is 3.51. The number of benzene rings is 1. The van der Waals surface area contributed by atoms with Crippen LogP contribution in [0.25, 0.3) is 16.2 Å². The fourth-order valence-corrected chi connectivity index (χ4v) is 6.50. The fourth-order valence-electron chi connectivity index (χ4n) is 2.34. The Kier molecular flexibility index (Phi) is 4.74. The molecular weight excluding hydrogens is 364 g/mol. The molecule has 3 rings (SSSR count). The highest BCUT2D eigenvalue weighted by Gasteiger charge is 2.28. The van der Waals surface area contributed by atoms with Gasteiger partial charge in [0.2, 0.25) is 0 Å². The van der Waals surface area contributed by atoms with Crippen LogP contribution in [-0.4, -0.2) is 27.5 Å². The van der Waals surface area contributed by atoms with Crippen molar-refractivity contribution < 1.29 is 13.0 Å². The minimum atomic E-state index is -4.06. The van der Waals surface area contributed by atoms with E-state index in [1.165, 1.54) is 10.8 Å². The van der Waals surface area contributed by atoms with Crippen molar-refractivity contribution in [2.45, 2.75) is 25.4 Å². The van der Waals surface area contributed by atoms with Crippen molar-refractivity contribution in [3.63, 3.8) is 0 Å². The molecule has 0 bridgehead atoms. The van der Waals surface area contributed by atoms with Gasteiger partial charge in [0.1, 0.15) is 0 Å². The zero-order valence-corrected chi connectivity index (χ0v) is 15.8. The number of hydrogen-bond acceptors (Lipinski definition) is 6. The molecule has 0 fully saturated rings. The number of hydrogen-bond donors (Lipinski definition) is 1. The Morgan fingerprint density at radius 3 is 2.12 bits per heavy atom. The summed E-state index contributed by atoms with van der Waals surface area (Å²) in [6, 6.07) is 7.76. The van der Waals surface area contributed by atoms with E-state index >= 15 is 0 Å². The molecule has 2 heterocycles. The first kappa shape index (κ1) is 17.5. The Labute approximate surface area is 149 Å². The van der Waals surface area contributed by atoms with Crippen LogP contribution in [0.1, 0.15) is 22.6 Å². The standard InChI is InChI=1S/C16H16N2O3S3/c1-9-10(2)18-16(11(3)17-9)13-6-4-12(5-7-13)14-8-15(23-22-14)24(19,20)21/h4-8,15H,1-3H3,(H,19,20,21). The Bertz CT molecular complexity index is 922. The van der Waals surface area contributed by atoms with Crippen molar-refractivity contribution >= 4 is 36.6 Å². The van der Waals surface area contributed by atoms with Gasteiger partial charge in [-0.15, -0.1) is 0 Å². The summed E-state index contributed by atoms with van der Waals surface area (Å²) in [7, 11) is -1.59. The van der Waals surface area contributed by atoms with Crippen molar-refractivity contribution in [3.8, 4) is 11.3 Å². The topological polar surface area (TPSA) is 80.2 Å². The van der Waals surface area contributed by atoms with Crippen LogP contribution in [0.3, 0.4) is 0 Å². The van der Waals surface area contributed by atoms with Gasteiger partial charge in [-0.1, -0.05) is 45.9 Å². The summed E-state index contributed by atoms with van der Waals surface area (Å²) < 4.78 is 30.6. The average Bonchev–Trinajstić information content (AvgIpc) is 3.01. The molecule has 0 amide bonds. The van der Waals surface area contributed by atoms with Crippen molar-refractivity contribution in [1.29, 1.82) is 0 Å². The predicted molar refractivity (Wildman–Crippen MR) is 100 cm³/mol. The zero-order chi connectivity index (χ0) is 17.5. The summed E-state index contributed by atoms with van der Waals surface area (Å²) in [5.41, 5.74) is 5.44. The van der Waals surface area contributed by atoms with E-state index in [1.807, 2.05) is 45.0 Å². The highest BCUT2D eigenvalue weighted by atomic mass is 33.1. The van der Waals surface area contributed by atoms with Crippen LogP contribution < -0.4 is 0 Å². The molecule has 1 atom stereocenters. The molecule has 1 unspecified atom stereocenters.